The van der Waals surface area contributed by atoms with Gasteiger partial charge in [0.25, 0.3) is 5.91 Å². The highest BCUT2D eigenvalue weighted by Crippen LogP contribution is 2.48. The number of hydrogen-bond donors (Lipinski definition) is 3. The number of carbonyl (C=O) groups is 4. The third kappa shape index (κ3) is 8.11. The molecule has 3 fully saturated rings. The van der Waals surface area contributed by atoms with Crippen molar-refractivity contribution in [2.45, 2.75) is 114 Å². The number of rotatable bonds is 11. The number of benzene rings is 2. The Morgan fingerprint density at radius 1 is 1.02 bits per heavy atom. The second-order valence-electron chi connectivity index (χ2n) is 16.6. The number of ether oxygens (including phenoxy) is 2. The fourth-order valence-corrected chi connectivity index (χ4v) is 8.74. The van der Waals surface area contributed by atoms with Crippen molar-refractivity contribution in [3.63, 3.8) is 0 Å². The predicted octanol–water partition coefficient (Wildman–Crippen LogP) is 5.09. The smallest absolute Gasteiger partial charge is 0.416 e. The molecule has 56 heavy (non-hydrogen) atoms. The van der Waals surface area contributed by atoms with Gasteiger partial charge in [-0.1, -0.05) is 40.2 Å². The molecule has 1 saturated heterocycles. The lowest BCUT2D eigenvalue weighted by Gasteiger charge is -2.36. The first-order chi connectivity index (χ1) is 26.0. The number of likely N-dealkylation sites (tertiary alicyclic amines) is 1. The Balaban J connectivity index is 1.27. The van der Waals surface area contributed by atoms with E-state index in [4.69, 9.17) is 9.47 Å². The number of alkyl halides is 3. The van der Waals surface area contributed by atoms with Crippen LogP contribution in [0, 0.1) is 17.2 Å². The number of sulfonamides is 1. The van der Waals surface area contributed by atoms with Gasteiger partial charge in [0, 0.05) is 25.2 Å². The van der Waals surface area contributed by atoms with E-state index in [1.165, 1.54) is 18.9 Å². The molecule has 4 aliphatic rings. The molecule has 0 unspecified atom stereocenters. The van der Waals surface area contributed by atoms with E-state index < -0.39 is 91.2 Å². The molecule has 0 spiro atoms. The van der Waals surface area contributed by atoms with Gasteiger partial charge in [-0.05, 0) is 79.0 Å². The maximum Gasteiger partial charge on any atom is 0.416 e. The van der Waals surface area contributed by atoms with Crippen LogP contribution in [-0.2, 0) is 48.4 Å². The average Bonchev–Trinajstić information content (AvgIpc) is 3.92. The van der Waals surface area contributed by atoms with Crippen LogP contribution in [-0.4, -0.2) is 84.2 Å². The number of fused-ring (bicyclic) bond motifs is 1. The number of nitrogens with one attached hydrogen (secondary N) is 3. The third-order valence-corrected chi connectivity index (χ3v) is 13.5. The van der Waals surface area contributed by atoms with Gasteiger partial charge in [0.15, 0.2) is 0 Å². The minimum Gasteiger partial charge on any atom is -0.497 e. The molecular weight excluding hydrogens is 763 g/mol. The molecule has 0 radical (unpaired) electrons. The summed E-state index contributed by atoms with van der Waals surface area (Å²) in [5.74, 6) is -3.46. The quantitative estimate of drug-likeness (QED) is 0.263. The Morgan fingerprint density at radius 2 is 1.70 bits per heavy atom. The number of anilines is 1. The molecule has 18 heteroatoms. The SMILES string of the molecule is CC[C@@H]1C[C@]1(NC(=O)[C@@H]1C[C@@H](OC(=O)N2Cc3ccc(OC)cc3C2)CN1C(=O)[C@@H](Nc1cc(F)cc(C(F)(F)F)c1)C(C)(C)C)C(=O)NS(=O)(=O)C1(C)CC1. The van der Waals surface area contributed by atoms with E-state index in [-0.39, 0.29) is 38.2 Å². The van der Waals surface area contributed by atoms with Crippen LogP contribution in [0.2, 0.25) is 0 Å². The highest BCUT2D eigenvalue weighted by Gasteiger charge is 2.63. The molecule has 0 aromatic heterocycles. The second-order valence-corrected chi connectivity index (χ2v) is 18.8. The number of amides is 4. The van der Waals surface area contributed by atoms with Crippen molar-refractivity contribution in [3.05, 3.63) is 58.9 Å². The summed E-state index contributed by atoms with van der Waals surface area (Å²) in [6.07, 6.45) is -5.53. The van der Waals surface area contributed by atoms with Crippen LogP contribution in [0.5, 0.6) is 5.75 Å². The zero-order chi connectivity index (χ0) is 41.2. The summed E-state index contributed by atoms with van der Waals surface area (Å²) in [7, 11) is -2.53. The summed E-state index contributed by atoms with van der Waals surface area (Å²) in [6.45, 7) is 8.35. The standard InChI is InChI=1S/C38H47F4N5O8S/c1-7-23-17-37(23,33(50)45-56(52,53)36(5)10-11-36)44-31(48)29-16-28(55-34(51)46-18-21-8-9-27(54-6)12-22(21)19-46)20-47(29)32(49)30(35(2,3)4)43-26-14-24(38(40,41)42)13-25(39)15-26/h8-9,12-15,23,28-30,43H,7,10-11,16-20H2,1-6H3,(H,44,48)(H,45,50)/t23-,28-,29+,30-,37-/m1/s1. The van der Waals surface area contributed by atoms with Gasteiger partial charge in [-0.2, -0.15) is 13.2 Å². The van der Waals surface area contributed by atoms with Gasteiger partial charge in [0.05, 0.1) is 24.0 Å². The van der Waals surface area contributed by atoms with Crippen LogP contribution in [0.15, 0.2) is 36.4 Å². The molecule has 5 atom stereocenters. The fraction of sp³-hybridized carbons (Fsp3) is 0.579. The Hall–Kier alpha value is -4.61. The minimum atomic E-state index is -4.88. The van der Waals surface area contributed by atoms with Gasteiger partial charge in [0.1, 0.15) is 35.3 Å². The predicted molar refractivity (Wildman–Crippen MR) is 195 cm³/mol. The summed E-state index contributed by atoms with van der Waals surface area (Å²) < 4.78 is 93.5. The van der Waals surface area contributed by atoms with Gasteiger partial charge in [0.2, 0.25) is 21.8 Å². The van der Waals surface area contributed by atoms with Gasteiger partial charge in [-0.3, -0.25) is 24.0 Å². The number of carbonyl (C=O) groups excluding carboxylic acids is 4. The third-order valence-electron chi connectivity index (χ3n) is 11.3. The molecular formula is C38H47F4N5O8S. The molecule has 2 aliphatic heterocycles. The number of hydrogen-bond acceptors (Lipinski definition) is 9. The first kappa shape index (κ1) is 41.0. The first-order valence-electron chi connectivity index (χ1n) is 18.4. The van der Waals surface area contributed by atoms with E-state index >= 15 is 0 Å². The van der Waals surface area contributed by atoms with E-state index in [0.717, 1.165) is 22.1 Å². The minimum absolute atomic E-state index is 0.139. The van der Waals surface area contributed by atoms with Crippen molar-refractivity contribution in [2.24, 2.45) is 11.3 Å². The van der Waals surface area contributed by atoms with Crippen LogP contribution < -0.4 is 20.1 Å². The van der Waals surface area contributed by atoms with Gasteiger partial charge >= 0.3 is 12.3 Å². The monoisotopic (exact) mass is 809 g/mol. The largest absolute Gasteiger partial charge is 0.497 e. The Bertz CT molecular complexity index is 2040. The summed E-state index contributed by atoms with van der Waals surface area (Å²) in [5.41, 5.74) is -2.49. The maximum atomic E-state index is 14.6. The topological polar surface area (TPSA) is 163 Å². The molecule has 0 bridgehead atoms. The Labute approximate surface area is 322 Å². The van der Waals surface area contributed by atoms with E-state index in [0.29, 0.717) is 37.1 Å². The number of methoxy groups -OCH3 is 1. The van der Waals surface area contributed by atoms with Gasteiger partial charge < -0.3 is 25.0 Å². The van der Waals surface area contributed by atoms with Crippen molar-refractivity contribution in [1.82, 2.24) is 19.8 Å². The van der Waals surface area contributed by atoms with Crippen LogP contribution >= 0.6 is 0 Å². The zero-order valence-electron chi connectivity index (χ0n) is 32.0. The normalized spacial score (nSPS) is 24.5. The Morgan fingerprint density at radius 3 is 2.29 bits per heavy atom. The van der Waals surface area contributed by atoms with Crippen molar-refractivity contribution >= 4 is 39.5 Å². The molecule has 13 nitrogen and oxygen atoms in total. The summed E-state index contributed by atoms with van der Waals surface area (Å²) in [6, 6.07) is 4.54. The van der Waals surface area contributed by atoms with Crippen LogP contribution in [0.1, 0.15) is 83.4 Å². The van der Waals surface area contributed by atoms with Crippen LogP contribution in [0.4, 0.5) is 28.0 Å². The molecule has 2 aromatic rings. The molecule has 4 amide bonds. The van der Waals surface area contributed by atoms with Crippen molar-refractivity contribution < 1.29 is 54.6 Å². The number of nitrogens with zero attached hydrogens (tertiary/aromatic N) is 2. The average molecular weight is 810 g/mol. The van der Waals surface area contributed by atoms with Crippen molar-refractivity contribution in [1.29, 1.82) is 0 Å². The maximum absolute atomic E-state index is 14.6. The van der Waals surface area contributed by atoms with Gasteiger partial charge in [-0.15, -0.1) is 0 Å². The van der Waals surface area contributed by atoms with Crippen molar-refractivity contribution in [2.75, 3.05) is 19.0 Å². The lowest BCUT2D eigenvalue weighted by molar-refractivity contribution is -0.141. The second kappa shape index (κ2) is 14.4. The van der Waals surface area contributed by atoms with Crippen LogP contribution in [0.25, 0.3) is 0 Å². The summed E-state index contributed by atoms with van der Waals surface area (Å²) in [5, 5.41) is 5.48. The molecule has 2 aliphatic carbocycles. The molecule has 2 heterocycles. The van der Waals surface area contributed by atoms with E-state index in [1.807, 2.05) is 6.07 Å². The van der Waals surface area contributed by atoms with E-state index in [2.05, 4.69) is 15.4 Å². The Kier molecular flexibility index (Phi) is 10.6. The summed E-state index contributed by atoms with van der Waals surface area (Å²) >= 11 is 0. The van der Waals surface area contributed by atoms with Crippen molar-refractivity contribution in [3.8, 4) is 5.75 Å². The molecule has 3 N–H and O–H groups in total. The van der Waals surface area contributed by atoms with E-state index in [1.54, 1.807) is 39.8 Å². The lowest BCUT2D eigenvalue weighted by atomic mass is 9.85. The molecule has 2 aromatic carbocycles. The zero-order valence-corrected chi connectivity index (χ0v) is 32.8. The van der Waals surface area contributed by atoms with Crippen LogP contribution in [0.3, 0.4) is 0 Å². The van der Waals surface area contributed by atoms with Gasteiger partial charge in [-0.25, -0.2) is 17.6 Å². The fourth-order valence-electron chi connectivity index (χ4n) is 7.43. The number of halogens is 4. The molecule has 306 valence electrons. The highest BCUT2D eigenvalue weighted by atomic mass is 32.2. The lowest BCUT2D eigenvalue weighted by Crippen LogP contribution is -2.59. The summed E-state index contributed by atoms with van der Waals surface area (Å²) in [4.78, 5) is 58.6. The van der Waals surface area contributed by atoms with E-state index in [9.17, 15) is 45.2 Å². The molecule has 2 saturated carbocycles. The first-order valence-corrected chi connectivity index (χ1v) is 19.9. The highest BCUT2D eigenvalue weighted by molar-refractivity contribution is 7.91. The molecule has 6 rings (SSSR count).